The maximum absolute atomic E-state index is 12.8. The average molecular weight is 375 g/mol. The Morgan fingerprint density at radius 3 is 3.00 bits per heavy atom. The van der Waals surface area contributed by atoms with Gasteiger partial charge in [0.2, 0.25) is 0 Å². The number of hydrogen-bond donors (Lipinski definition) is 1. The van der Waals surface area contributed by atoms with E-state index >= 15 is 0 Å². The number of anilines is 1. The average Bonchev–Trinajstić information content (AvgIpc) is 3.35. The summed E-state index contributed by atoms with van der Waals surface area (Å²) in [6.07, 6.45) is 8.49. The number of rotatable bonds is 3. The third kappa shape index (κ3) is 3.35. The molecule has 0 saturated carbocycles. The van der Waals surface area contributed by atoms with E-state index in [0.717, 1.165) is 62.4 Å². The molecule has 6 nitrogen and oxygen atoms in total. The molecule has 1 aliphatic heterocycles. The normalized spacial score (nSPS) is 19.0. The van der Waals surface area contributed by atoms with Crippen LogP contribution < -0.4 is 5.32 Å². The zero-order valence-electron chi connectivity index (χ0n) is 16.0. The maximum atomic E-state index is 12.8. The van der Waals surface area contributed by atoms with Crippen molar-refractivity contribution in [2.75, 3.05) is 18.4 Å². The van der Waals surface area contributed by atoms with Crippen LogP contribution in [0.4, 0.5) is 10.5 Å². The van der Waals surface area contributed by atoms with E-state index in [2.05, 4.69) is 27.6 Å². The highest BCUT2D eigenvalue weighted by Crippen LogP contribution is 2.26. The fourth-order valence-electron chi connectivity index (χ4n) is 4.56. The maximum Gasteiger partial charge on any atom is 0.321 e. The number of urea groups is 1. The van der Waals surface area contributed by atoms with Crippen LogP contribution in [0.25, 0.3) is 5.65 Å². The smallest absolute Gasteiger partial charge is 0.321 e. The second-order valence-electron chi connectivity index (χ2n) is 7.97. The van der Waals surface area contributed by atoms with Gasteiger partial charge in [-0.3, -0.25) is 4.40 Å². The number of nitrogens with one attached hydrogen (secondary N) is 1. The molecular formula is C22H25N5O. The molecule has 0 radical (unpaired) electrons. The number of piperidine rings is 1. The molecule has 6 heteroatoms. The van der Waals surface area contributed by atoms with Gasteiger partial charge in [0.05, 0.1) is 0 Å². The van der Waals surface area contributed by atoms with Crippen LogP contribution in [0.5, 0.6) is 0 Å². The summed E-state index contributed by atoms with van der Waals surface area (Å²) in [5, 5.41) is 11.7. The van der Waals surface area contributed by atoms with Crippen LogP contribution in [-0.4, -0.2) is 38.6 Å². The van der Waals surface area contributed by atoms with Crippen molar-refractivity contribution in [2.45, 2.75) is 38.5 Å². The number of likely N-dealkylation sites (tertiary alicyclic amines) is 1. The minimum absolute atomic E-state index is 0.00810. The lowest BCUT2D eigenvalue weighted by molar-refractivity contribution is 0.176. The standard InChI is InChI=1S/C22H25N5O/c28-22(23-19-10-9-17-6-3-7-18(17)14-19)26-11-4-5-16(15-26)13-21-25-24-20-8-1-2-12-27(20)21/h1-2,8-10,12,14,16H,3-7,11,13,15H2,(H,23,28). The van der Waals surface area contributed by atoms with Gasteiger partial charge in [0.25, 0.3) is 0 Å². The van der Waals surface area contributed by atoms with Gasteiger partial charge in [-0.15, -0.1) is 10.2 Å². The molecule has 1 saturated heterocycles. The Hall–Kier alpha value is -2.89. The van der Waals surface area contributed by atoms with Crippen LogP contribution >= 0.6 is 0 Å². The number of nitrogens with zero attached hydrogens (tertiary/aromatic N) is 4. The highest BCUT2D eigenvalue weighted by molar-refractivity contribution is 5.89. The summed E-state index contributed by atoms with van der Waals surface area (Å²) < 4.78 is 2.05. The minimum atomic E-state index is 0.00810. The number of fused-ring (bicyclic) bond motifs is 2. The van der Waals surface area contributed by atoms with Gasteiger partial charge in [-0.25, -0.2) is 4.79 Å². The van der Waals surface area contributed by atoms with Crippen LogP contribution in [0.15, 0.2) is 42.6 Å². The van der Waals surface area contributed by atoms with Crippen LogP contribution in [0.3, 0.4) is 0 Å². The van der Waals surface area contributed by atoms with Gasteiger partial charge >= 0.3 is 6.03 Å². The van der Waals surface area contributed by atoms with Gasteiger partial charge in [0.1, 0.15) is 5.82 Å². The predicted octanol–water partition coefficient (Wildman–Crippen LogP) is 3.70. The Morgan fingerprint density at radius 2 is 2.04 bits per heavy atom. The van der Waals surface area contributed by atoms with Crippen molar-refractivity contribution in [1.29, 1.82) is 0 Å². The molecule has 2 aromatic heterocycles. The number of hydrogen-bond acceptors (Lipinski definition) is 3. The zero-order valence-corrected chi connectivity index (χ0v) is 16.0. The molecule has 5 rings (SSSR count). The van der Waals surface area contributed by atoms with Crippen molar-refractivity contribution in [2.24, 2.45) is 5.92 Å². The molecular weight excluding hydrogens is 350 g/mol. The fraction of sp³-hybridized carbons (Fsp3) is 0.409. The van der Waals surface area contributed by atoms with E-state index in [4.69, 9.17) is 0 Å². The monoisotopic (exact) mass is 375 g/mol. The summed E-state index contributed by atoms with van der Waals surface area (Å²) >= 11 is 0. The number of aromatic nitrogens is 3. The number of carbonyl (C=O) groups is 1. The van der Waals surface area contributed by atoms with Gasteiger partial charge in [-0.1, -0.05) is 12.1 Å². The Labute approximate surface area is 164 Å². The van der Waals surface area contributed by atoms with Crippen molar-refractivity contribution in [1.82, 2.24) is 19.5 Å². The Bertz CT molecular complexity index is 1010. The van der Waals surface area contributed by atoms with E-state index in [-0.39, 0.29) is 6.03 Å². The molecule has 28 heavy (non-hydrogen) atoms. The van der Waals surface area contributed by atoms with Crippen molar-refractivity contribution in [3.63, 3.8) is 0 Å². The first kappa shape index (κ1) is 17.2. The van der Waals surface area contributed by atoms with E-state index in [1.54, 1.807) is 0 Å². The summed E-state index contributed by atoms with van der Waals surface area (Å²) in [6, 6.07) is 12.3. The van der Waals surface area contributed by atoms with Crippen molar-refractivity contribution < 1.29 is 4.79 Å². The van der Waals surface area contributed by atoms with Crippen molar-refractivity contribution in [3.8, 4) is 0 Å². The highest BCUT2D eigenvalue weighted by atomic mass is 16.2. The van der Waals surface area contributed by atoms with Gasteiger partial charge in [-0.05, 0) is 73.4 Å². The lowest BCUT2D eigenvalue weighted by Gasteiger charge is -2.32. The van der Waals surface area contributed by atoms with E-state index in [1.165, 1.54) is 17.5 Å². The molecule has 1 aromatic carbocycles. The molecule has 1 unspecified atom stereocenters. The molecule has 1 atom stereocenters. The second-order valence-corrected chi connectivity index (χ2v) is 7.97. The third-order valence-electron chi connectivity index (χ3n) is 6.01. The Kier molecular flexibility index (Phi) is 4.47. The molecule has 2 aliphatic rings. The summed E-state index contributed by atoms with van der Waals surface area (Å²) in [5.74, 6) is 1.38. The molecule has 1 aliphatic carbocycles. The second kappa shape index (κ2) is 7.26. The first-order valence-electron chi connectivity index (χ1n) is 10.2. The van der Waals surface area contributed by atoms with E-state index in [0.29, 0.717) is 5.92 Å². The summed E-state index contributed by atoms with van der Waals surface area (Å²) in [5.41, 5.74) is 4.60. The largest absolute Gasteiger partial charge is 0.324 e. The summed E-state index contributed by atoms with van der Waals surface area (Å²) in [4.78, 5) is 14.8. The lowest BCUT2D eigenvalue weighted by atomic mass is 9.94. The van der Waals surface area contributed by atoms with Gasteiger partial charge in [0, 0.05) is 31.4 Å². The van der Waals surface area contributed by atoms with E-state index < -0.39 is 0 Å². The van der Waals surface area contributed by atoms with Crippen LogP contribution in [-0.2, 0) is 19.3 Å². The molecule has 0 spiro atoms. The molecule has 3 heterocycles. The molecule has 3 aromatic rings. The lowest BCUT2D eigenvalue weighted by Crippen LogP contribution is -2.43. The minimum Gasteiger partial charge on any atom is -0.324 e. The fourth-order valence-corrected chi connectivity index (χ4v) is 4.56. The SMILES string of the molecule is O=C(Nc1ccc2c(c1)CCC2)N1CCCC(Cc2nnc3ccccn23)C1. The third-order valence-corrected chi connectivity index (χ3v) is 6.01. The Morgan fingerprint density at radius 1 is 1.11 bits per heavy atom. The zero-order chi connectivity index (χ0) is 18.9. The molecule has 1 fully saturated rings. The van der Waals surface area contributed by atoms with E-state index in [9.17, 15) is 4.79 Å². The van der Waals surface area contributed by atoms with Gasteiger partial charge in [0.15, 0.2) is 5.65 Å². The van der Waals surface area contributed by atoms with E-state index in [1.807, 2.05) is 39.8 Å². The first-order valence-corrected chi connectivity index (χ1v) is 10.2. The topological polar surface area (TPSA) is 62.5 Å². The van der Waals surface area contributed by atoms with Crippen molar-refractivity contribution >= 4 is 17.4 Å². The van der Waals surface area contributed by atoms with Gasteiger partial charge < -0.3 is 10.2 Å². The Balaban J connectivity index is 1.24. The molecule has 0 bridgehead atoms. The number of amides is 2. The molecule has 2 amide bonds. The summed E-state index contributed by atoms with van der Waals surface area (Å²) in [7, 11) is 0. The van der Waals surface area contributed by atoms with Crippen molar-refractivity contribution in [3.05, 3.63) is 59.5 Å². The number of pyridine rings is 1. The summed E-state index contributed by atoms with van der Waals surface area (Å²) in [6.45, 7) is 1.58. The number of carbonyl (C=O) groups excluding carboxylic acids is 1. The predicted molar refractivity (Wildman–Crippen MR) is 108 cm³/mol. The highest BCUT2D eigenvalue weighted by Gasteiger charge is 2.25. The van der Waals surface area contributed by atoms with Gasteiger partial charge in [-0.2, -0.15) is 0 Å². The number of aryl methyl sites for hydroxylation is 2. The van der Waals surface area contributed by atoms with Crippen LogP contribution in [0.2, 0.25) is 0 Å². The molecule has 1 N–H and O–H groups in total. The van der Waals surface area contributed by atoms with Crippen LogP contribution in [0.1, 0.15) is 36.2 Å². The first-order chi connectivity index (χ1) is 13.8. The molecule has 144 valence electrons. The quantitative estimate of drug-likeness (QED) is 0.759. The van der Waals surface area contributed by atoms with Crippen LogP contribution in [0, 0.1) is 5.92 Å². The number of benzene rings is 1.